The van der Waals surface area contributed by atoms with Gasteiger partial charge in [-0.3, -0.25) is 14.5 Å². The van der Waals surface area contributed by atoms with Crippen LogP contribution in [0.2, 0.25) is 0 Å². The predicted molar refractivity (Wildman–Crippen MR) is 101 cm³/mol. The van der Waals surface area contributed by atoms with Crippen LogP contribution in [0.15, 0.2) is 48.7 Å². The zero-order chi connectivity index (χ0) is 18.1. The topological polar surface area (TPSA) is 51.0 Å². The minimum Gasteiger partial charge on any atom is -0.338 e. The number of rotatable bonds is 2. The van der Waals surface area contributed by atoms with E-state index in [-0.39, 0.29) is 5.91 Å². The normalized spacial score (nSPS) is 14.0. The molecule has 0 unspecified atom stereocenters. The standard InChI is InChI=1S/C21H22N4O/c1-15-17(9-6-12-22-15)21(26)25-13-10-18-19(11-14-25)24(2)23-20(18)16-7-4-3-5-8-16/h3-9,12H,10-11,13-14H2,1-2H3. The summed E-state index contributed by atoms with van der Waals surface area (Å²) < 4.78 is 1.97. The molecule has 0 saturated heterocycles. The number of carbonyl (C=O) groups excluding carboxylic acids is 1. The third-order valence-electron chi connectivity index (χ3n) is 5.10. The van der Waals surface area contributed by atoms with Gasteiger partial charge < -0.3 is 4.90 Å². The number of nitrogens with zero attached hydrogens (tertiary/aromatic N) is 4. The van der Waals surface area contributed by atoms with Crippen molar-refractivity contribution in [2.45, 2.75) is 19.8 Å². The van der Waals surface area contributed by atoms with Crippen molar-refractivity contribution in [1.29, 1.82) is 0 Å². The predicted octanol–water partition coefficient (Wildman–Crippen LogP) is 3.03. The molecular weight excluding hydrogens is 324 g/mol. The van der Waals surface area contributed by atoms with Gasteiger partial charge in [0, 0.05) is 55.3 Å². The van der Waals surface area contributed by atoms with Crippen LogP contribution in [0.5, 0.6) is 0 Å². The van der Waals surface area contributed by atoms with E-state index in [0.29, 0.717) is 18.7 Å². The molecule has 3 heterocycles. The van der Waals surface area contributed by atoms with E-state index >= 15 is 0 Å². The largest absolute Gasteiger partial charge is 0.338 e. The Kier molecular flexibility index (Phi) is 4.29. The molecule has 3 aromatic rings. The lowest BCUT2D eigenvalue weighted by Gasteiger charge is -2.21. The van der Waals surface area contributed by atoms with Crippen LogP contribution in [0.1, 0.15) is 27.3 Å². The van der Waals surface area contributed by atoms with Gasteiger partial charge in [0.25, 0.3) is 5.91 Å². The summed E-state index contributed by atoms with van der Waals surface area (Å²) in [5.74, 6) is 0.0672. The molecule has 132 valence electrons. The molecule has 0 atom stereocenters. The van der Waals surface area contributed by atoms with Crippen LogP contribution >= 0.6 is 0 Å². The molecule has 1 aliphatic heterocycles. The van der Waals surface area contributed by atoms with E-state index in [9.17, 15) is 4.79 Å². The summed E-state index contributed by atoms with van der Waals surface area (Å²) in [5.41, 5.74) is 6.13. The van der Waals surface area contributed by atoms with Crippen molar-refractivity contribution in [3.63, 3.8) is 0 Å². The zero-order valence-corrected chi connectivity index (χ0v) is 15.1. The lowest BCUT2D eigenvalue weighted by Crippen LogP contribution is -2.34. The minimum absolute atomic E-state index is 0.0672. The van der Waals surface area contributed by atoms with Crippen LogP contribution in [0, 0.1) is 6.92 Å². The molecule has 0 aliphatic carbocycles. The van der Waals surface area contributed by atoms with Crippen LogP contribution < -0.4 is 0 Å². The van der Waals surface area contributed by atoms with E-state index in [2.05, 4.69) is 17.1 Å². The Morgan fingerprint density at radius 1 is 1.04 bits per heavy atom. The third kappa shape index (κ3) is 2.90. The van der Waals surface area contributed by atoms with Crippen molar-refractivity contribution in [3.05, 3.63) is 71.2 Å². The van der Waals surface area contributed by atoms with Gasteiger partial charge in [-0.05, 0) is 25.5 Å². The molecule has 0 bridgehead atoms. The average molecular weight is 346 g/mol. The van der Waals surface area contributed by atoms with Crippen LogP contribution in [0.3, 0.4) is 0 Å². The quantitative estimate of drug-likeness (QED) is 0.717. The SMILES string of the molecule is Cc1ncccc1C(=O)N1CCc2c(-c3ccccc3)nn(C)c2CC1. The van der Waals surface area contributed by atoms with Crippen molar-refractivity contribution >= 4 is 5.91 Å². The fraction of sp³-hybridized carbons (Fsp3) is 0.286. The second kappa shape index (κ2) is 6.75. The fourth-order valence-electron chi connectivity index (χ4n) is 3.69. The summed E-state index contributed by atoms with van der Waals surface area (Å²) in [7, 11) is 1.99. The lowest BCUT2D eigenvalue weighted by atomic mass is 10.0. The van der Waals surface area contributed by atoms with E-state index in [1.165, 1.54) is 11.3 Å². The Bertz CT molecular complexity index is 946. The van der Waals surface area contributed by atoms with Gasteiger partial charge in [-0.2, -0.15) is 5.10 Å². The first-order chi connectivity index (χ1) is 12.6. The number of hydrogen-bond acceptors (Lipinski definition) is 3. The molecule has 26 heavy (non-hydrogen) atoms. The average Bonchev–Trinajstić information content (AvgIpc) is 2.84. The molecular formula is C21H22N4O. The Labute approximate surface area is 153 Å². The number of benzene rings is 1. The summed E-state index contributed by atoms with van der Waals surface area (Å²) in [4.78, 5) is 19.1. The highest BCUT2D eigenvalue weighted by molar-refractivity contribution is 5.95. The molecule has 1 aliphatic rings. The molecule has 0 fully saturated rings. The third-order valence-corrected chi connectivity index (χ3v) is 5.10. The van der Waals surface area contributed by atoms with Crippen molar-refractivity contribution in [2.24, 2.45) is 7.05 Å². The maximum absolute atomic E-state index is 12.9. The van der Waals surface area contributed by atoms with Gasteiger partial charge in [0.05, 0.1) is 11.3 Å². The Morgan fingerprint density at radius 2 is 1.81 bits per heavy atom. The summed E-state index contributed by atoms with van der Waals surface area (Å²) in [6.07, 6.45) is 3.36. The smallest absolute Gasteiger partial charge is 0.255 e. The molecule has 1 aromatic carbocycles. The van der Waals surface area contributed by atoms with Crippen molar-refractivity contribution < 1.29 is 4.79 Å². The first kappa shape index (κ1) is 16.5. The molecule has 0 N–H and O–H groups in total. The van der Waals surface area contributed by atoms with E-state index in [1.54, 1.807) is 6.20 Å². The highest BCUT2D eigenvalue weighted by Crippen LogP contribution is 2.28. The molecule has 4 rings (SSSR count). The molecule has 5 heteroatoms. The Balaban J connectivity index is 1.62. The van der Waals surface area contributed by atoms with Gasteiger partial charge in [-0.25, -0.2) is 0 Å². The van der Waals surface area contributed by atoms with Gasteiger partial charge >= 0.3 is 0 Å². The molecule has 1 amide bonds. The molecule has 0 spiro atoms. The number of fused-ring (bicyclic) bond motifs is 1. The van der Waals surface area contributed by atoms with Crippen LogP contribution in [0.4, 0.5) is 0 Å². The van der Waals surface area contributed by atoms with Gasteiger partial charge in [0.2, 0.25) is 0 Å². The number of aromatic nitrogens is 3. The second-order valence-corrected chi connectivity index (χ2v) is 6.69. The summed E-state index contributed by atoms with van der Waals surface area (Å²) in [6, 6.07) is 14.0. The Morgan fingerprint density at radius 3 is 2.58 bits per heavy atom. The van der Waals surface area contributed by atoms with Crippen LogP contribution in [0.25, 0.3) is 11.3 Å². The summed E-state index contributed by atoms with van der Waals surface area (Å²) >= 11 is 0. The van der Waals surface area contributed by atoms with Gasteiger partial charge in [0.1, 0.15) is 0 Å². The van der Waals surface area contributed by atoms with E-state index in [0.717, 1.165) is 29.8 Å². The molecule has 0 radical (unpaired) electrons. The van der Waals surface area contributed by atoms with E-state index < -0.39 is 0 Å². The zero-order valence-electron chi connectivity index (χ0n) is 15.1. The summed E-state index contributed by atoms with van der Waals surface area (Å²) in [6.45, 7) is 3.29. The molecule has 5 nitrogen and oxygen atoms in total. The Hall–Kier alpha value is -2.95. The fourth-order valence-corrected chi connectivity index (χ4v) is 3.69. The number of carbonyl (C=O) groups is 1. The minimum atomic E-state index is 0.0672. The first-order valence-corrected chi connectivity index (χ1v) is 8.96. The number of amides is 1. The highest BCUT2D eigenvalue weighted by atomic mass is 16.2. The van der Waals surface area contributed by atoms with E-state index in [1.807, 2.05) is 53.9 Å². The molecule has 0 saturated carbocycles. The monoisotopic (exact) mass is 346 g/mol. The highest BCUT2D eigenvalue weighted by Gasteiger charge is 2.25. The number of pyridine rings is 1. The van der Waals surface area contributed by atoms with Gasteiger partial charge in [-0.15, -0.1) is 0 Å². The van der Waals surface area contributed by atoms with E-state index in [4.69, 9.17) is 5.10 Å². The number of hydrogen-bond donors (Lipinski definition) is 0. The van der Waals surface area contributed by atoms with Crippen molar-refractivity contribution in [2.75, 3.05) is 13.1 Å². The second-order valence-electron chi connectivity index (χ2n) is 6.69. The van der Waals surface area contributed by atoms with Crippen molar-refractivity contribution in [3.8, 4) is 11.3 Å². The van der Waals surface area contributed by atoms with Crippen LogP contribution in [-0.4, -0.2) is 38.7 Å². The first-order valence-electron chi connectivity index (χ1n) is 8.96. The van der Waals surface area contributed by atoms with Gasteiger partial charge in [-0.1, -0.05) is 30.3 Å². The molecule has 2 aromatic heterocycles. The number of aryl methyl sites for hydroxylation is 2. The van der Waals surface area contributed by atoms with Crippen molar-refractivity contribution in [1.82, 2.24) is 19.7 Å². The summed E-state index contributed by atoms with van der Waals surface area (Å²) in [5, 5.41) is 4.75. The maximum Gasteiger partial charge on any atom is 0.255 e. The maximum atomic E-state index is 12.9. The van der Waals surface area contributed by atoms with Gasteiger partial charge in [0.15, 0.2) is 0 Å². The van der Waals surface area contributed by atoms with Crippen LogP contribution in [-0.2, 0) is 19.9 Å². The lowest BCUT2D eigenvalue weighted by molar-refractivity contribution is 0.0761.